The van der Waals surface area contributed by atoms with Crippen molar-refractivity contribution in [2.24, 2.45) is 4.99 Å². The van der Waals surface area contributed by atoms with Gasteiger partial charge in [0.1, 0.15) is 0 Å². The molecule has 144 valence electrons. The lowest BCUT2D eigenvalue weighted by Gasteiger charge is -2.14. The fourth-order valence-corrected chi connectivity index (χ4v) is 1.93. The Morgan fingerprint density at radius 1 is 1.08 bits per heavy atom. The van der Waals surface area contributed by atoms with Crippen LogP contribution in [0.15, 0.2) is 23.2 Å². The zero-order chi connectivity index (χ0) is 17.6. The quantitative estimate of drug-likeness (QED) is 0.226. The van der Waals surface area contributed by atoms with Gasteiger partial charge in [0.25, 0.3) is 0 Å². The summed E-state index contributed by atoms with van der Waals surface area (Å²) in [4.78, 5) is 4.48. The highest BCUT2D eigenvalue weighted by atomic mass is 127. The number of ether oxygens (including phenoxy) is 4. The lowest BCUT2D eigenvalue weighted by Crippen LogP contribution is -2.31. The molecule has 0 aliphatic carbocycles. The summed E-state index contributed by atoms with van der Waals surface area (Å²) in [7, 11) is 3.28. The van der Waals surface area contributed by atoms with E-state index in [4.69, 9.17) is 18.9 Å². The molecule has 1 rings (SSSR count). The first-order chi connectivity index (χ1) is 11.7. The molecule has 0 bridgehead atoms. The first kappa shape index (κ1) is 23.7. The normalized spacial score (nSPS) is 10.8. The van der Waals surface area contributed by atoms with Crippen LogP contribution in [0.2, 0.25) is 0 Å². The molecule has 0 atom stereocenters. The van der Waals surface area contributed by atoms with E-state index in [1.54, 1.807) is 14.2 Å². The number of benzene rings is 1. The largest absolute Gasteiger partial charge is 0.493 e. The minimum absolute atomic E-state index is 0. The smallest absolute Gasteiger partial charge is 0.195 e. The highest BCUT2D eigenvalue weighted by Gasteiger charge is 2.06. The van der Waals surface area contributed by atoms with Crippen LogP contribution in [0.25, 0.3) is 0 Å². The lowest BCUT2D eigenvalue weighted by molar-refractivity contribution is 0.0748. The summed E-state index contributed by atoms with van der Waals surface area (Å²) >= 11 is 0. The average Bonchev–Trinajstić information content (AvgIpc) is 2.59. The van der Waals surface area contributed by atoms with E-state index in [0.717, 1.165) is 18.0 Å². The predicted octanol–water partition coefficient (Wildman–Crippen LogP) is 2.75. The van der Waals surface area contributed by atoms with Crippen molar-refractivity contribution in [2.75, 3.05) is 59.1 Å². The van der Waals surface area contributed by atoms with Crippen LogP contribution in [0, 0.1) is 0 Å². The molecular weight excluding hydrogens is 437 g/mol. The van der Waals surface area contributed by atoms with E-state index in [0.29, 0.717) is 44.7 Å². The van der Waals surface area contributed by atoms with Gasteiger partial charge in [0.05, 0.1) is 40.1 Å². The number of rotatable bonds is 11. The molecule has 0 radical (unpaired) electrons. The van der Waals surface area contributed by atoms with E-state index < -0.39 is 0 Å². The molecule has 25 heavy (non-hydrogen) atoms. The maximum atomic E-state index is 5.52. The molecule has 1 aromatic rings. The number of hydrogen-bond acceptors (Lipinski definition) is 5. The van der Waals surface area contributed by atoms with Gasteiger partial charge < -0.3 is 29.6 Å². The van der Waals surface area contributed by atoms with Crippen LogP contribution in [0.4, 0.5) is 5.69 Å². The number of methoxy groups -OCH3 is 2. The van der Waals surface area contributed by atoms with Crippen molar-refractivity contribution in [2.45, 2.75) is 13.8 Å². The zero-order valence-corrected chi connectivity index (χ0v) is 17.8. The first-order valence-corrected chi connectivity index (χ1v) is 8.18. The summed E-state index contributed by atoms with van der Waals surface area (Å²) in [6.07, 6.45) is 0. The molecule has 0 unspecified atom stereocenters. The number of guanidine groups is 1. The standard InChI is InChI=1S/C17H29N3O4.HI/c1-5-18-17(19-9-10-23-12-11-21-3)20-14-7-8-15(24-6-2)16(13-14)22-4;/h7-8,13H,5-6,9-12H2,1-4H3,(H2,18,19,20);1H. The third-order valence-corrected chi connectivity index (χ3v) is 3.01. The molecule has 0 saturated heterocycles. The van der Waals surface area contributed by atoms with E-state index in [9.17, 15) is 0 Å². The maximum absolute atomic E-state index is 5.52. The van der Waals surface area contributed by atoms with Crippen LogP contribution in [0.5, 0.6) is 11.5 Å². The van der Waals surface area contributed by atoms with Gasteiger partial charge in [0.2, 0.25) is 0 Å². The molecule has 0 aromatic heterocycles. The second kappa shape index (κ2) is 15.0. The zero-order valence-electron chi connectivity index (χ0n) is 15.5. The van der Waals surface area contributed by atoms with Gasteiger partial charge in [-0.3, -0.25) is 4.99 Å². The van der Waals surface area contributed by atoms with Gasteiger partial charge in [0, 0.05) is 25.4 Å². The van der Waals surface area contributed by atoms with Crippen molar-refractivity contribution >= 4 is 35.6 Å². The molecule has 1 aromatic carbocycles. The van der Waals surface area contributed by atoms with Gasteiger partial charge in [-0.15, -0.1) is 24.0 Å². The van der Waals surface area contributed by atoms with Gasteiger partial charge in [0.15, 0.2) is 17.5 Å². The minimum atomic E-state index is 0. The Hall–Kier alpha value is -1.26. The van der Waals surface area contributed by atoms with Crippen molar-refractivity contribution in [1.29, 1.82) is 0 Å². The second-order valence-electron chi connectivity index (χ2n) is 4.79. The third-order valence-electron chi connectivity index (χ3n) is 3.01. The van der Waals surface area contributed by atoms with Crippen molar-refractivity contribution < 1.29 is 18.9 Å². The molecule has 7 nitrogen and oxygen atoms in total. The van der Waals surface area contributed by atoms with Crippen molar-refractivity contribution in [3.05, 3.63) is 18.2 Å². The Labute approximate surface area is 167 Å². The van der Waals surface area contributed by atoms with Crippen LogP contribution in [-0.2, 0) is 9.47 Å². The summed E-state index contributed by atoms with van der Waals surface area (Å²) in [6, 6.07) is 5.69. The number of halogens is 1. The van der Waals surface area contributed by atoms with Gasteiger partial charge in [-0.25, -0.2) is 0 Å². The molecule has 0 spiro atoms. The number of anilines is 1. The molecule has 2 N–H and O–H groups in total. The Morgan fingerprint density at radius 2 is 1.88 bits per heavy atom. The Kier molecular flexibility index (Phi) is 14.3. The minimum Gasteiger partial charge on any atom is -0.493 e. The molecular formula is C17H30IN3O4. The Morgan fingerprint density at radius 3 is 2.52 bits per heavy atom. The average molecular weight is 467 g/mol. The molecule has 0 saturated carbocycles. The topological polar surface area (TPSA) is 73.3 Å². The highest BCUT2D eigenvalue weighted by molar-refractivity contribution is 14.0. The number of nitrogens with zero attached hydrogens (tertiary/aromatic N) is 1. The number of hydrogen-bond donors (Lipinski definition) is 2. The van der Waals surface area contributed by atoms with Crippen LogP contribution in [-0.4, -0.2) is 59.7 Å². The lowest BCUT2D eigenvalue weighted by atomic mass is 10.2. The Bertz CT molecular complexity index is 501. The van der Waals surface area contributed by atoms with E-state index in [2.05, 4.69) is 15.6 Å². The van der Waals surface area contributed by atoms with E-state index in [-0.39, 0.29) is 24.0 Å². The van der Waals surface area contributed by atoms with Crippen molar-refractivity contribution in [1.82, 2.24) is 5.32 Å². The van der Waals surface area contributed by atoms with Crippen LogP contribution < -0.4 is 20.1 Å². The van der Waals surface area contributed by atoms with Gasteiger partial charge >= 0.3 is 0 Å². The van der Waals surface area contributed by atoms with Gasteiger partial charge in [-0.05, 0) is 26.0 Å². The summed E-state index contributed by atoms with van der Waals surface area (Å²) in [5.41, 5.74) is 0.871. The SMILES string of the molecule is CCNC(=NCCOCCOC)Nc1ccc(OCC)c(OC)c1.I. The van der Waals surface area contributed by atoms with Gasteiger partial charge in [-0.1, -0.05) is 0 Å². The van der Waals surface area contributed by atoms with Gasteiger partial charge in [-0.2, -0.15) is 0 Å². The second-order valence-corrected chi connectivity index (χ2v) is 4.79. The fraction of sp³-hybridized carbons (Fsp3) is 0.588. The van der Waals surface area contributed by atoms with Crippen LogP contribution >= 0.6 is 24.0 Å². The van der Waals surface area contributed by atoms with Crippen LogP contribution in [0.1, 0.15) is 13.8 Å². The van der Waals surface area contributed by atoms with E-state index in [1.807, 2.05) is 32.0 Å². The molecule has 0 aliphatic rings. The summed E-state index contributed by atoms with van der Waals surface area (Å²) in [5, 5.41) is 6.45. The fourth-order valence-electron chi connectivity index (χ4n) is 1.93. The predicted molar refractivity (Wildman–Crippen MR) is 112 cm³/mol. The monoisotopic (exact) mass is 467 g/mol. The Balaban J connectivity index is 0.00000576. The summed E-state index contributed by atoms with van der Waals surface area (Å²) in [5.74, 6) is 2.10. The number of aliphatic imine (C=N–C) groups is 1. The number of nitrogens with one attached hydrogen (secondary N) is 2. The maximum Gasteiger partial charge on any atom is 0.195 e. The molecule has 0 fully saturated rings. The molecule has 0 amide bonds. The highest BCUT2D eigenvalue weighted by Crippen LogP contribution is 2.30. The van der Waals surface area contributed by atoms with Crippen molar-refractivity contribution in [3.8, 4) is 11.5 Å². The summed E-state index contributed by atoms with van der Waals surface area (Å²) < 4.78 is 21.2. The molecule has 0 aliphatic heterocycles. The molecule has 8 heteroatoms. The third kappa shape index (κ3) is 9.71. The first-order valence-electron chi connectivity index (χ1n) is 8.18. The van der Waals surface area contributed by atoms with Crippen molar-refractivity contribution in [3.63, 3.8) is 0 Å². The van der Waals surface area contributed by atoms with E-state index in [1.165, 1.54) is 0 Å². The summed E-state index contributed by atoms with van der Waals surface area (Å²) in [6.45, 7) is 7.60. The van der Waals surface area contributed by atoms with E-state index >= 15 is 0 Å². The van der Waals surface area contributed by atoms with Crippen LogP contribution in [0.3, 0.4) is 0 Å². The molecule has 0 heterocycles.